The van der Waals surface area contributed by atoms with E-state index in [9.17, 15) is 29.1 Å². The topological polar surface area (TPSA) is 176 Å². The maximum Gasteiger partial charge on any atom is 0.322 e. The van der Waals surface area contributed by atoms with Crippen molar-refractivity contribution in [2.24, 2.45) is 11.3 Å². The van der Waals surface area contributed by atoms with Crippen LogP contribution < -0.4 is 16.1 Å². The Morgan fingerprint density at radius 1 is 1.13 bits per heavy atom. The lowest BCUT2D eigenvalue weighted by Gasteiger charge is -2.35. The van der Waals surface area contributed by atoms with Gasteiger partial charge in [-0.15, -0.1) is 0 Å². The molecule has 0 aliphatic carbocycles. The molecule has 13 nitrogen and oxygen atoms in total. The summed E-state index contributed by atoms with van der Waals surface area (Å²) in [5, 5.41) is 17.0. The first-order chi connectivity index (χ1) is 21.6. The smallest absolute Gasteiger partial charge is 0.322 e. The van der Waals surface area contributed by atoms with Crippen molar-refractivity contribution in [3.8, 4) is 0 Å². The SMILES string of the molecule is COC[C@H](NC(=O)[C@@H](NC(=O)C(C)(C)C=Cc1ccc2ccc([C@@H](C)OC(C)=O)nc2c1)C(C)C)C(=O)N1CCC[C@@H](C(=O)O)N1. The van der Waals surface area contributed by atoms with Gasteiger partial charge in [0.1, 0.15) is 24.2 Å². The highest BCUT2D eigenvalue weighted by Gasteiger charge is 2.36. The molecule has 1 aromatic heterocycles. The Morgan fingerprint density at radius 2 is 1.83 bits per heavy atom. The standard InChI is InChI=1S/C33H45N5O8/c1-19(2)28(29(40)35-27(18-45-7)30(41)38-16-8-9-25(37-38)31(42)43)36-32(44)33(5,6)15-14-22-10-11-23-12-13-24(34-26(23)17-22)20(3)46-21(4)39/h10-15,17,19-20,25,27-28,37H,8-9,16,18H2,1-7H3,(H,35,40)(H,36,44)(H,42,43)/t20-,25+,27+,28+/m1/s1. The quantitative estimate of drug-likeness (QED) is 0.239. The van der Waals surface area contributed by atoms with Crippen molar-refractivity contribution in [1.29, 1.82) is 0 Å². The molecule has 3 rings (SSSR count). The van der Waals surface area contributed by atoms with Gasteiger partial charge in [0.25, 0.3) is 5.91 Å². The number of fused-ring (bicyclic) bond motifs is 1. The lowest BCUT2D eigenvalue weighted by molar-refractivity contribution is -0.149. The average Bonchev–Trinajstić information content (AvgIpc) is 3.00. The fourth-order valence-electron chi connectivity index (χ4n) is 4.95. The second-order valence-corrected chi connectivity index (χ2v) is 12.4. The molecule has 1 aliphatic rings. The van der Waals surface area contributed by atoms with E-state index < -0.39 is 59.3 Å². The molecule has 1 fully saturated rings. The van der Waals surface area contributed by atoms with Crippen molar-refractivity contribution in [3.63, 3.8) is 0 Å². The Balaban J connectivity index is 1.71. The average molecular weight is 640 g/mol. The number of aliphatic carboxylic acids is 1. The first-order valence-electron chi connectivity index (χ1n) is 15.3. The van der Waals surface area contributed by atoms with E-state index in [0.29, 0.717) is 24.1 Å². The highest BCUT2D eigenvalue weighted by molar-refractivity contribution is 5.94. The fourth-order valence-corrected chi connectivity index (χ4v) is 4.95. The molecule has 0 unspecified atom stereocenters. The lowest BCUT2D eigenvalue weighted by Crippen LogP contribution is -2.62. The minimum absolute atomic E-state index is 0.141. The maximum absolute atomic E-state index is 13.5. The van der Waals surface area contributed by atoms with Crippen LogP contribution in [0.3, 0.4) is 0 Å². The van der Waals surface area contributed by atoms with Crippen molar-refractivity contribution >= 4 is 46.6 Å². The van der Waals surface area contributed by atoms with Crippen LogP contribution in [0.4, 0.5) is 0 Å². The normalized spacial score (nSPS) is 17.4. The molecule has 1 saturated heterocycles. The van der Waals surface area contributed by atoms with Crippen LogP contribution in [0, 0.1) is 11.3 Å². The number of pyridine rings is 1. The number of ether oxygens (including phenoxy) is 2. The number of nitrogens with one attached hydrogen (secondary N) is 3. The number of hydrazine groups is 1. The van der Waals surface area contributed by atoms with E-state index in [1.54, 1.807) is 46.8 Å². The van der Waals surface area contributed by atoms with Crippen LogP contribution >= 0.6 is 0 Å². The number of hydrogen-bond acceptors (Lipinski definition) is 9. The molecular weight excluding hydrogens is 594 g/mol. The minimum atomic E-state index is -1.09. The van der Waals surface area contributed by atoms with Crippen LogP contribution in [0.25, 0.3) is 17.0 Å². The Labute approximate surface area is 269 Å². The summed E-state index contributed by atoms with van der Waals surface area (Å²) in [6.07, 6.45) is 3.91. The second-order valence-electron chi connectivity index (χ2n) is 12.4. The van der Waals surface area contributed by atoms with Crippen LogP contribution in [0.15, 0.2) is 36.4 Å². The number of methoxy groups -OCH3 is 1. The van der Waals surface area contributed by atoms with E-state index in [1.807, 2.05) is 30.3 Å². The summed E-state index contributed by atoms with van der Waals surface area (Å²) in [5.41, 5.74) is 3.80. The summed E-state index contributed by atoms with van der Waals surface area (Å²) >= 11 is 0. The third kappa shape index (κ3) is 9.57. The Bertz CT molecular complexity index is 1470. The molecule has 0 bridgehead atoms. The Morgan fingerprint density at radius 3 is 2.46 bits per heavy atom. The summed E-state index contributed by atoms with van der Waals surface area (Å²) in [7, 11) is 1.39. The molecule has 0 radical (unpaired) electrons. The molecule has 250 valence electrons. The molecule has 46 heavy (non-hydrogen) atoms. The van der Waals surface area contributed by atoms with Gasteiger partial charge in [-0.3, -0.25) is 29.0 Å². The van der Waals surface area contributed by atoms with E-state index in [0.717, 1.165) is 10.9 Å². The molecule has 1 aliphatic heterocycles. The van der Waals surface area contributed by atoms with Crippen LogP contribution in [0.1, 0.15) is 71.7 Å². The van der Waals surface area contributed by atoms with Crippen molar-refractivity contribution in [2.75, 3.05) is 20.3 Å². The Hall–Kier alpha value is -4.36. The van der Waals surface area contributed by atoms with E-state index >= 15 is 0 Å². The first kappa shape index (κ1) is 36.1. The third-order valence-electron chi connectivity index (χ3n) is 7.71. The molecule has 3 amide bonds. The van der Waals surface area contributed by atoms with E-state index in [-0.39, 0.29) is 19.1 Å². The first-order valence-corrected chi connectivity index (χ1v) is 15.3. The fraction of sp³-hybridized carbons (Fsp3) is 0.515. The largest absolute Gasteiger partial charge is 0.480 e. The highest BCUT2D eigenvalue weighted by atomic mass is 16.5. The number of esters is 1. The summed E-state index contributed by atoms with van der Waals surface area (Å²) in [4.78, 5) is 67.5. The van der Waals surface area contributed by atoms with Gasteiger partial charge in [0.15, 0.2) is 0 Å². The van der Waals surface area contributed by atoms with Gasteiger partial charge in [0.2, 0.25) is 11.8 Å². The monoisotopic (exact) mass is 639 g/mol. The third-order valence-corrected chi connectivity index (χ3v) is 7.71. The van der Waals surface area contributed by atoms with Crippen molar-refractivity contribution in [3.05, 3.63) is 47.7 Å². The zero-order chi connectivity index (χ0) is 34.2. The zero-order valence-electron chi connectivity index (χ0n) is 27.5. The molecule has 2 aromatic rings. The molecule has 0 spiro atoms. The van der Waals surface area contributed by atoms with Gasteiger partial charge in [-0.1, -0.05) is 44.2 Å². The maximum atomic E-state index is 13.5. The van der Waals surface area contributed by atoms with Crippen LogP contribution in [-0.4, -0.2) is 83.1 Å². The molecule has 1 aromatic carbocycles. The van der Waals surface area contributed by atoms with Crippen LogP contribution in [0.5, 0.6) is 0 Å². The van der Waals surface area contributed by atoms with Gasteiger partial charge in [0.05, 0.1) is 23.2 Å². The van der Waals surface area contributed by atoms with Crippen molar-refractivity contribution in [1.82, 2.24) is 26.1 Å². The molecular formula is C33H45N5O8. The number of benzene rings is 1. The predicted molar refractivity (Wildman–Crippen MR) is 171 cm³/mol. The summed E-state index contributed by atoms with van der Waals surface area (Å²) in [6.45, 7) is 10.3. The van der Waals surface area contributed by atoms with E-state index in [1.165, 1.54) is 19.0 Å². The Kier molecular flexibility index (Phi) is 12.4. The second kappa shape index (κ2) is 15.8. The highest BCUT2D eigenvalue weighted by Crippen LogP contribution is 2.24. The van der Waals surface area contributed by atoms with Crippen molar-refractivity contribution in [2.45, 2.75) is 78.6 Å². The summed E-state index contributed by atoms with van der Waals surface area (Å²) < 4.78 is 10.4. The molecule has 4 N–H and O–H groups in total. The van der Waals surface area contributed by atoms with Crippen molar-refractivity contribution < 1.29 is 38.6 Å². The van der Waals surface area contributed by atoms with Gasteiger partial charge in [-0.05, 0) is 57.2 Å². The lowest BCUT2D eigenvalue weighted by atomic mass is 9.89. The van der Waals surface area contributed by atoms with E-state index in [4.69, 9.17) is 9.47 Å². The minimum Gasteiger partial charge on any atom is -0.480 e. The number of hydrogen-bond donors (Lipinski definition) is 4. The number of carboxylic acid groups (broad SMARTS) is 1. The number of carbonyl (C=O) groups excluding carboxylic acids is 4. The number of amides is 3. The van der Waals surface area contributed by atoms with E-state index in [2.05, 4.69) is 21.0 Å². The number of nitrogens with zero attached hydrogens (tertiary/aromatic N) is 2. The molecule has 4 atom stereocenters. The number of carboxylic acids is 1. The predicted octanol–water partition coefficient (Wildman–Crippen LogP) is 2.75. The van der Waals surface area contributed by atoms with Gasteiger partial charge in [-0.2, -0.15) is 0 Å². The van der Waals surface area contributed by atoms with Gasteiger partial charge >= 0.3 is 11.9 Å². The van der Waals surface area contributed by atoms with Gasteiger partial charge < -0.3 is 25.2 Å². The number of rotatable bonds is 13. The number of aromatic nitrogens is 1. The summed E-state index contributed by atoms with van der Waals surface area (Å²) in [6, 6.07) is 6.43. The number of carbonyl (C=O) groups is 5. The molecule has 2 heterocycles. The van der Waals surface area contributed by atoms with Crippen LogP contribution in [0.2, 0.25) is 0 Å². The zero-order valence-corrected chi connectivity index (χ0v) is 27.5. The molecule has 13 heteroatoms. The van der Waals surface area contributed by atoms with Gasteiger partial charge in [0, 0.05) is 26.0 Å². The summed E-state index contributed by atoms with van der Waals surface area (Å²) in [5.74, 6) is -3.27. The van der Waals surface area contributed by atoms with Crippen LogP contribution in [-0.2, 0) is 33.4 Å². The molecule has 0 saturated carbocycles. The van der Waals surface area contributed by atoms with Gasteiger partial charge in [-0.25, -0.2) is 10.4 Å².